The first kappa shape index (κ1) is 23.8. The molecule has 32 heavy (non-hydrogen) atoms. The Morgan fingerprint density at radius 3 is 2.66 bits per heavy atom. The highest BCUT2D eigenvalue weighted by Crippen LogP contribution is 2.33. The molecule has 1 aromatic carbocycles. The van der Waals surface area contributed by atoms with Crippen LogP contribution in [0.3, 0.4) is 0 Å². The zero-order valence-electron chi connectivity index (χ0n) is 17.4. The van der Waals surface area contributed by atoms with Gasteiger partial charge in [-0.05, 0) is 38.1 Å². The van der Waals surface area contributed by atoms with Crippen LogP contribution in [0.1, 0.15) is 30.6 Å². The van der Waals surface area contributed by atoms with E-state index in [4.69, 9.17) is 0 Å². The molecule has 1 fully saturated rings. The number of halogens is 3. The zero-order valence-corrected chi connectivity index (χ0v) is 18.3. The van der Waals surface area contributed by atoms with Crippen LogP contribution >= 0.6 is 0 Å². The first-order valence-electron chi connectivity index (χ1n) is 9.88. The van der Waals surface area contributed by atoms with Gasteiger partial charge in [-0.2, -0.15) is 8.42 Å². The van der Waals surface area contributed by atoms with Crippen LogP contribution in [0.5, 0.6) is 0 Å². The third kappa shape index (κ3) is 5.87. The van der Waals surface area contributed by atoms with Gasteiger partial charge in [-0.3, -0.25) is 14.6 Å². The Morgan fingerprint density at radius 2 is 2.00 bits per heavy atom. The predicted octanol–water partition coefficient (Wildman–Crippen LogP) is 2.32. The number of alkyl halides is 2. The largest absolute Gasteiger partial charge is 0.383 e. The van der Waals surface area contributed by atoms with Gasteiger partial charge in [0.25, 0.3) is 11.8 Å². The highest BCUT2D eigenvalue weighted by atomic mass is 32.3. The summed E-state index contributed by atoms with van der Waals surface area (Å²) in [5.74, 6) is -6.11. The van der Waals surface area contributed by atoms with Crippen molar-refractivity contribution in [3.8, 4) is 0 Å². The lowest BCUT2D eigenvalue weighted by Crippen LogP contribution is -2.45. The summed E-state index contributed by atoms with van der Waals surface area (Å²) in [4.78, 5) is 30.0. The number of carbonyl (C=O) groups excluding carboxylic acids is 2. The van der Waals surface area contributed by atoms with E-state index < -0.39 is 59.3 Å². The first-order chi connectivity index (χ1) is 14.8. The molecule has 1 atom stereocenters. The van der Waals surface area contributed by atoms with E-state index in [1.165, 1.54) is 12.3 Å². The molecule has 174 valence electrons. The van der Waals surface area contributed by atoms with Crippen LogP contribution in [0, 0.1) is 0 Å². The number of nitrogens with one attached hydrogen (secondary N) is 2. The van der Waals surface area contributed by atoms with Gasteiger partial charge in [0.15, 0.2) is 0 Å². The van der Waals surface area contributed by atoms with Crippen molar-refractivity contribution >= 4 is 38.6 Å². The molecule has 1 unspecified atom stereocenters. The molecule has 0 aliphatic carbocycles. The maximum atomic E-state index is 13.7. The number of benzene rings is 1. The quantitative estimate of drug-likeness (QED) is 0.599. The minimum Gasteiger partial charge on any atom is -0.383 e. The average Bonchev–Trinajstić information content (AvgIpc) is 2.97. The molecule has 2 heterocycles. The highest BCUT2D eigenvalue weighted by molar-refractivity contribution is 7.86. The number of fused-ring (bicyclic) bond motifs is 1. The Hall–Kier alpha value is -2.89. The number of anilines is 1. The Kier molecular flexibility index (Phi) is 6.63. The van der Waals surface area contributed by atoms with Crippen molar-refractivity contribution in [2.24, 2.45) is 0 Å². The third-order valence-corrected chi connectivity index (χ3v) is 5.71. The standard InChI is InChI=1S/C20H23F3N4O4S/c1-12(2)26-13-3-4-17-16(7-13)15(5-6-24-17)19(29)25-9-18(28)27-11-20(21,22)8-14(27)10-32(23,30)31/h3-7,12,14,26H,8-11H2,1-2H3,(H,25,29). The SMILES string of the molecule is CC(C)Nc1ccc2nccc(C(=O)NCC(=O)N3CC(F)(F)CC3CS(=O)(=O)F)c2c1. The van der Waals surface area contributed by atoms with Gasteiger partial charge >= 0.3 is 10.2 Å². The molecule has 12 heteroatoms. The van der Waals surface area contributed by atoms with Crippen molar-refractivity contribution in [2.45, 2.75) is 38.3 Å². The smallest absolute Gasteiger partial charge is 0.304 e. The summed E-state index contributed by atoms with van der Waals surface area (Å²) >= 11 is 0. The van der Waals surface area contributed by atoms with Crippen molar-refractivity contribution in [1.29, 1.82) is 0 Å². The number of amides is 2. The lowest BCUT2D eigenvalue weighted by atomic mass is 10.1. The number of carbonyl (C=O) groups is 2. The average molecular weight is 472 g/mol. The summed E-state index contributed by atoms with van der Waals surface area (Å²) in [5.41, 5.74) is 1.54. The minimum atomic E-state index is -5.06. The van der Waals surface area contributed by atoms with Gasteiger partial charge in [-0.15, -0.1) is 3.89 Å². The minimum absolute atomic E-state index is 0.152. The van der Waals surface area contributed by atoms with Gasteiger partial charge in [0.05, 0.1) is 30.2 Å². The zero-order chi connectivity index (χ0) is 23.7. The van der Waals surface area contributed by atoms with Gasteiger partial charge in [0.1, 0.15) is 5.75 Å². The normalized spacial score (nSPS) is 18.2. The number of pyridine rings is 1. The number of hydrogen-bond donors (Lipinski definition) is 2. The fourth-order valence-corrected chi connectivity index (χ4v) is 4.45. The summed E-state index contributed by atoms with van der Waals surface area (Å²) < 4.78 is 62.3. The van der Waals surface area contributed by atoms with Crippen molar-refractivity contribution in [1.82, 2.24) is 15.2 Å². The van der Waals surface area contributed by atoms with E-state index in [1.807, 2.05) is 19.9 Å². The first-order valence-corrected chi connectivity index (χ1v) is 11.4. The lowest BCUT2D eigenvalue weighted by Gasteiger charge is -2.23. The maximum Gasteiger partial charge on any atom is 0.304 e. The van der Waals surface area contributed by atoms with Crippen molar-refractivity contribution in [3.63, 3.8) is 0 Å². The lowest BCUT2D eigenvalue weighted by molar-refractivity contribution is -0.131. The third-order valence-electron chi connectivity index (χ3n) is 4.93. The molecule has 1 saturated heterocycles. The molecule has 1 aromatic heterocycles. The van der Waals surface area contributed by atoms with Crippen LogP contribution in [-0.2, 0) is 15.0 Å². The topological polar surface area (TPSA) is 108 Å². The second kappa shape index (κ2) is 8.93. The van der Waals surface area contributed by atoms with E-state index >= 15 is 0 Å². The summed E-state index contributed by atoms with van der Waals surface area (Å²) in [7, 11) is -5.06. The Morgan fingerprint density at radius 1 is 1.28 bits per heavy atom. The van der Waals surface area contributed by atoms with E-state index in [0.29, 0.717) is 15.8 Å². The van der Waals surface area contributed by atoms with Crippen LogP contribution < -0.4 is 10.6 Å². The van der Waals surface area contributed by atoms with Crippen molar-refractivity contribution in [3.05, 3.63) is 36.0 Å². The highest BCUT2D eigenvalue weighted by Gasteiger charge is 2.48. The van der Waals surface area contributed by atoms with E-state index in [-0.39, 0.29) is 11.6 Å². The fraction of sp³-hybridized carbons (Fsp3) is 0.450. The summed E-state index contributed by atoms with van der Waals surface area (Å²) in [5, 5.41) is 6.11. The molecule has 1 aliphatic rings. The van der Waals surface area contributed by atoms with Crippen molar-refractivity contribution in [2.75, 3.05) is 24.2 Å². The van der Waals surface area contributed by atoms with Crippen LogP contribution in [-0.4, -0.2) is 67.0 Å². The predicted molar refractivity (Wildman–Crippen MR) is 113 cm³/mol. The van der Waals surface area contributed by atoms with Gasteiger partial charge in [0, 0.05) is 29.7 Å². The van der Waals surface area contributed by atoms with E-state index in [1.54, 1.807) is 12.1 Å². The molecule has 2 amide bonds. The molecule has 8 nitrogen and oxygen atoms in total. The Balaban J connectivity index is 1.75. The number of rotatable bonds is 7. The Bertz CT molecular complexity index is 1140. The van der Waals surface area contributed by atoms with Crippen LogP contribution in [0.15, 0.2) is 30.5 Å². The molecular formula is C20H23F3N4O4S. The molecule has 0 saturated carbocycles. The van der Waals surface area contributed by atoms with E-state index in [0.717, 1.165) is 5.69 Å². The van der Waals surface area contributed by atoms with Crippen LogP contribution in [0.2, 0.25) is 0 Å². The maximum absolute atomic E-state index is 13.7. The van der Waals surface area contributed by atoms with Gasteiger partial charge in [-0.25, -0.2) is 8.78 Å². The van der Waals surface area contributed by atoms with Gasteiger partial charge < -0.3 is 15.5 Å². The molecular weight excluding hydrogens is 449 g/mol. The summed E-state index contributed by atoms with van der Waals surface area (Å²) in [6, 6.07) is 5.39. The fourth-order valence-electron chi connectivity index (χ4n) is 3.69. The van der Waals surface area contributed by atoms with Gasteiger partial charge in [0.2, 0.25) is 5.91 Å². The molecule has 0 spiro atoms. The summed E-state index contributed by atoms with van der Waals surface area (Å²) in [6.45, 7) is 2.22. The molecule has 3 rings (SSSR count). The van der Waals surface area contributed by atoms with Crippen LogP contribution in [0.25, 0.3) is 10.9 Å². The summed E-state index contributed by atoms with van der Waals surface area (Å²) in [6.07, 6.45) is 0.467. The molecule has 1 aliphatic heterocycles. The Labute approximate surface area is 183 Å². The molecule has 0 radical (unpaired) electrons. The second-order valence-corrected chi connectivity index (χ2v) is 9.42. The second-order valence-electron chi connectivity index (χ2n) is 8.01. The number of hydrogen-bond acceptors (Lipinski definition) is 6. The molecule has 2 aromatic rings. The van der Waals surface area contributed by atoms with E-state index in [9.17, 15) is 30.7 Å². The van der Waals surface area contributed by atoms with Crippen molar-refractivity contribution < 1.29 is 30.7 Å². The van der Waals surface area contributed by atoms with Crippen LogP contribution in [0.4, 0.5) is 18.4 Å². The number of likely N-dealkylation sites (tertiary alicyclic amines) is 1. The van der Waals surface area contributed by atoms with Gasteiger partial charge in [-0.1, -0.05) is 0 Å². The number of aromatic nitrogens is 1. The molecule has 2 N–H and O–H groups in total. The number of nitrogens with zero attached hydrogens (tertiary/aromatic N) is 2. The monoisotopic (exact) mass is 472 g/mol. The molecule has 0 bridgehead atoms. The van der Waals surface area contributed by atoms with E-state index in [2.05, 4.69) is 15.6 Å².